The molecule has 0 saturated carbocycles. The van der Waals surface area contributed by atoms with E-state index in [-0.39, 0.29) is 0 Å². The Bertz CT molecular complexity index is 659. The molecule has 0 aliphatic heterocycles. The average molecular weight is 360 g/mol. The van der Waals surface area contributed by atoms with Gasteiger partial charge in [0.25, 0.3) is 5.95 Å². The highest BCUT2D eigenvalue weighted by Gasteiger charge is 2.12. The molecule has 0 unspecified atom stereocenters. The lowest BCUT2D eigenvalue weighted by atomic mass is 10.1. The molecule has 0 spiro atoms. The second kappa shape index (κ2) is 7.71. The SMILES string of the molecule is CN(C/C=C/c1ccc(Br)cc1)C(=C(O)O)c1ccccc1. The zero-order valence-corrected chi connectivity index (χ0v) is 13.9. The smallest absolute Gasteiger partial charge is 0.299 e. The molecule has 22 heavy (non-hydrogen) atoms. The van der Waals surface area contributed by atoms with E-state index in [0.717, 1.165) is 15.6 Å². The van der Waals surface area contributed by atoms with Crippen molar-refractivity contribution >= 4 is 27.7 Å². The van der Waals surface area contributed by atoms with Gasteiger partial charge in [-0.2, -0.15) is 0 Å². The number of hydrogen-bond donors (Lipinski definition) is 2. The van der Waals surface area contributed by atoms with Gasteiger partial charge in [0.2, 0.25) is 0 Å². The van der Waals surface area contributed by atoms with Crippen LogP contribution in [0.4, 0.5) is 0 Å². The van der Waals surface area contributed by atoms with E-state index in [4.69, 9.17) is 0 Å². The average Bonchev–Trinajstić information content (AvgIpc) is 2.50. The van der Waals surface area contributed by atoms with Crippen LogP contribution in [0.3, 0.4) is 0 Å². The molecule has 2 aromatic rings. The van der Waals surface area contributed by atoms with Gasteiger partial charge in [-0.05, 0) is 17.7 Å². The van der Waals surface area contributed by atoms with Gasteiger partial charge in [-0.15, -0.1) is 0 Å². The maximum absolute atomic E-state index is 9.55. The van der Waals surface area contributed by atoms with Crippen molar-refractivity contribution < 1.29 is 10.2 Å². The lowest BCUT2D eigenvalue weighted by Crippen LogP contribution is -2.18. The Morgan fingerprint density at radius 2 is 1.68 bits per heavy atom. The van der Waals surface area contributed by atoms with Crippen molar-refractivity contribution in [1.29, 1.82) is 0 Å². The van der Waals surface area contributed by atoms with Crippen molar-refractivity contribution in [2.75, 3.05) is 13.6 Å². The number of halogens is 1. The van der Waals surface area contributed by atoms with Crippen molar-refractivity contribution in [3.8, 4) is 0 Å². The molecule has 2 aromatic carbocycles. The number of benzene rings is 2. The first-order chi connectivity index (χ1) is 10.6. The van der Waals surface area contributed by atoms with Crippen LogP contribution in [0.2, 0.25) is 0 Å². The topological polar surface area (TPSA) is 43.7 Å². The Balaban J connectivity index is 2.08. The van der Waals surface area contributed by atoms with E-state index in [2.05, 4.69) is 15.9 Å². The van der Waals surface area contributed by atoms with Crippen molar-refractivity contribution in [3.05, 3.63) is 82.2 Å². The lowest BCUT2D eigenvalue weighted by Gasteiger charge is -2.20. The minimum Gasteiger partial charge on any atom is -0.480 e. The molecule has 0 saturated heterocycles. The summed E-state index contributed by atoms with van der Waals surface area (Å²) >= 11 is 3.40. The highest BCUT2D eigenvalue weighted by Crippen LogP contribution is 2.20. The van der Waals surface area contributed by atoms with Crippen molar-refractivity contribution in [1.82, 2.24) is 4.90 Å². The number of likely N-dealkylation sites (N-methyl/N-ethyl adjacent to an activating group) is 1. The first kappa shape index (κ1) is 16.2. The summed E-state index contributed by atoms with van der Waals surface area (Å²) in [5.41, 5.74) is 2.26. The molecule has 2 rings (SSSR count). The Morgan fingerprint density at radius 1 is 1.05 bits per heavy atom. The van der Waals surface area contributed by atoms with E-state index in [9.17, 15) is 10.2 Å². The Morgan fingerprint density at radius 3 is 2.27 bits per heavy atom. The summed E-state index contributed by atoms with van der Waals surface area (Å²) in [4.78, 5) is 1.79. The Labute approximate surface area is 139 Å². The summed E-state index contributed by atoms with van der Waals surface area (Å²) in [7, 11) is 1.82. The highest BCUT2D eigenvalue weighted by atomic mass is 79.9. The fraction of sp³-hybridized carbons (Fsp3) is 0.111. The maximum atomic E-state index is 9.55. The van der Waals surface area contributed by atoms with Gasteiger partial charge in [0, 0.05) is 23.6 Å². The van der Waals surface area contributed by atoms with Crippen LogP contribution in [0, 0.1) is 0 Å². The highest BCUT2D eigenvalue weighted by molar-refractivity contribution is 9.10. The largest absolute Gasteiger partial charge is 0.480 e. The zero-order valence-electron chi connectivity index (χ0n) is 12.3. The molecule has 0 heterocycles. The number of nitrogens with zero attached hydrogens (tertiary/aromatic N) is 1. The first-order valence-electron chi connectivity index (χ1n) is 6.89. The van der Waals surface area contributed by atoms with Crippen LogP contribution in [0.5, 0.6) is 0 Å². The normalized spacial score (nSPS) is 10.6. The molecular weight excluding hydrogens is 342 g/mol. The summed E-state index contributed by atoms with van der Waals surface area (Å²) in [5, 5.41) is 19.1. The van der Waals surface area contributed by atoms with Crippen LogP contribution in [-0.2, 0) is 0 Å². The van der Waals surface area contributed by atoms with E-state index in [0.29, 0.717) is 12.2 Å². The molecule has 0 aliphatic carbocycles. The van der Waals surface area contributed by atoms with Gasteiger partial charge in [0.1, 0.15) is 5.70 Å². The number of hydrogen-bond acceptors (Lipinski definition) is 3. The van der Waals surface area contributed by atoms with Crippen molar-refractivity contribution in [3.63, 3.8) is 0 Å². The number of aliphatic hydroxyl groups is 2. The Kier molecular flexibility index (Phi) is 5.67. The third-order valence-electron chi connectivity index (χ3n) is 3.20. The third kappa shape index (κ3) is 4.40. The van der Waals surface area contributed by atoms with Gasteiger partial charge in [0.05, 0.1) is 0 Å². The predicted octanol–water partition coefficient (Wildman–Crippen LogP) is 4.84. The summed E-state index contributed by atoms with van der Waals surface area (Å²) in [6.45, 7) is 0.560. The monoisotopic (exact) mass is 359 g/mol. The molecule has 114 valence electrons. The molecule has 0 amide bonds. The van der Waals surface area contributed by atoms with Crippen LogP contribution in [0.15, 0.2) is 71.1 Å². The number of rotatable bonds is 5. The molecule has 2 N–H and O–H groups in total. The summed E-state index contributed by atoms with van der Waals surface area (Å²) < 4.78 is 1.04. The van der Waals surface area contributed by atoms with Gasteiger partial charge in [-0.1, -0.05) is 70.5 Å². The van der Waals surface area contributed by atoms with E-state index >= 15 is 0 Å². The molecule has 0 radical (unpaired) electrons. The molecular formula is C18H18BrNO2. The zero-order chi connectivity index (χ0) is 15.9. The molecule has 0 aromatic heterocycles. The standard InChI is InChI=1S/C18H18BrNO2/c1-20(13-5-6-14-9-11-16(19)12-10-14)17(18(21)22)15-7-3-2-4-8-15/h2-12,21-22H,13H2,1H3/b6-5+. The molecule has 0 aliphatic rings. The summed E-state index contributed by atoms with van der Waals surface area (Å²) in [6, 6.07) is 17.3. The second-order valence-corrected chi connectivity index (χ2v) is 5.79. The first-order valence-corrected chi connectivity index (χ1v) is 7.68. The molecule has 3 nitrogen and oxygen atoms in total. The van der Waals surface area contributed by atoms with E-state index in [1.807, 2.05) is 73.8 Å². The quantitative estimate of drug-likeness (QED) is 0.750. The van der Waals surface area contributed by atoms with E-state index in [1.54, 1.807) is 4.90 Å². The van der Waals surface area contributed by atoms with Gasteiger partial charge in [0.15, 0.2) is 0 Å². The van der Waals surface area contributed by atoms with Crippen LogP contribution in [0.1, 0.15) is 11.1 Å². The second-order valence-electron chi connectivity index (χ2n) is 4.87. The molecule has 0 atom stereocenters. The van der Waals surface area contributed by atoms with Crippen molar-refractivity contribution in [2.24, 2.45) is 0 Å². The van der Waals surface area contributed by atoms with E-state index < -0.39 is 5.95 Å². The molecule has 4 heteroatoms. The fourth-order valence-corrected chi connectivity index (χ4v) is 2.39. The predicted molar refractivity (Wildman–Crippen MR) is 94.4 cm³/mol. The van der Waals surface area contributed by atoms with E-state index in [1.165, 1.54) is 0 Å². The van der Waals surface area contributed by atoms with Crippen LogP contribution in [-0.4, -0.2) is 28.7 Å². The molecule has 0 bridgehead atoms. The Hall–Kier alpha value is -2.20. The van der Waals surface area contributed by atoms with Gasteiger partial charge in [-0.3, -0.25) is 0 Å². The summed E-state index contributed by atoms with van der Waals surface area (Å²) in [6.07, 6.45) is 3.98. The maximum Gasteiger partial charge on any atom is 0.299 e. The van der Waals surface area contributed by atoms with Crippen molar-refractivity contribution in [2.45, 2.75) is 0 Å². The van der Waals surface area contributed by atoms with Crippen LogP contribution < -0.4 is 0 Å². The summed E-state index contributed by atoms with van der Waals surface area (Å²) in [5.74, 6) is -0.675. The van der Waals surface area contributed by atoms with Gasteiger partial charge >= 0.3 is 0 Å². The third-order valence-corrected chi connectivity index (χ3v) is 3.73. The number of aliphatic hydroxyl groups excluding tert-OH is 1. The van der Waals surface area contributed by atoms with Gasteiger partial charge in [-0.25, -0.2) is 0 Å². The minimum atomic E-state index is -0.675. The lowest BCUT2D eigenvalue weighted by molar-refractivity contribution is 0.186. The van der Waals surface area contributed by atoms with Gasteiger partial charge < -0.3 is 15.1 Å². The fourth-order valence-electron chi connectivity index (χ4n) is 2.13. The van der Waals surface area contributed by atoms with Crippen LogP contribution in [0.25, 0.3) is 11.8 Å². The minimum absolute atomic E-state index is 0.404. The molecule has 0 fully saturated rings. The van der Waals surface area contributed by atoms with Crippen LogP contribution >= 0.6 is 15.9 Å².